The number of aromatic nitrogens is 4. The van der Waals surface area contributed by atoms with Gasteiger partial charge in [-0.05, 0) is 40.5 Å². The molecule has 0 bridgehead atoms. The minimum Gasteiger partial charge on any atom is -0.481 e. The Morgan fingerprint density at radius 2 is 1.86 bits per heavy atom. The van der Waals surface area contributed by atoms with Gasteiger partial charge in [0.25, 0.3) is 0 Å². The number of imidazole rings is 1. The molecule has 0 radical (unpaired) electrons. The number of nitrogens with one attached hydrogen (secondary N) is 2. The summed E-state index contributed by atoms with van der Waals surface area (Å²) in [6.07, 6.45) is 1.55. The molecule has 2 heterocycles. The maximum Gasteiger partial charge on any atom is 0.326 e. The molecule has 36 heavy (non-hydrogen) atoms. The van der Waals surface area contributed by atoms with Crippen molar-refractivity contribution in [2.75, 3.05) is 12.1 Å². The molecule has 0 aliphatic rings. The highest BCUT2D eigenvalue weighted by molar-refractivity contribution is 7.59. The Balaban J connectivity index is 2.22. The molecule has 0 aromatic carbocycles. The smallest absolute Gasteiger partial charge is 0.326 e. The first-order valence-electron chi connectivity index (χ1n) is 11.8. The van der Waals surface area contributed by atoms with E-state index in [1.165, 1.54) is 6.33 Å². The molecule has 0 saturated carbocycles. The number of carboxylic acids is 1. The van der Waals surface area contributed by atoms with E-state index in [1.807, 2.05) is 13.8 Å². The number of nitrogen functional groups attached to an aromatic ring is 1. The van der Waals surface area contributed by atoms with Crippen LogP contribution in [0.5, 0.6) is 0 Å². The lowest BCUT2D eigenvalue weighted by Gasteiger charge is -2.34. The molecule has 2 aromatic heterocycles. The van der Waals surface area contributed by atoms with E-state index in [9.17, 15) is 19.3 Å². The largest absolute Gasteiger partial charge is 0.481 e. The molecule has 0 fully saturated rings. The maximum atomic E-state index is 14.1. The Labute approximate surface area is 211 Å². The van der Waals surface area contributed by atoms with Crippen molar-refractivity contribution in [1.29, 1.82) is 0 Å². The van der Waals surface area contributed by atoms with Crippen LogP contribution in [-0.4, -0.2) is 66.7 Å². The topological polar surface area (TPSA) is 184 Å². The quantitative estimate of drug-likeness (QED) is 0.208. The Kier molecular flexibility index (Phi) is 9.95. The lowest BCUT2D eigenvalue weighted by molar-refractivity contribution is -0.153. The van der Waals surface area contributed by atoms with Crippen LogP contribution in [0.2, 0.25) is 0 Å². The predicted octanol–water partition coefficient (Wildman–Crippen LogP) is 2.37. The van der Waals surface area contributed by atoms with E-state index < -0.39 is 37.1 Å². The van der Waals surface area contributed by atoms with Crippen LogP contribution in [-0.2, 0) is 30.2 Å². The molecule has 5 N–H and O–H groups in total. The van der Waals surface area contributed by atoms with Crippen LogP contribution in [0.15, 0.2) is 12.7 Å². The van der Waals surface area contributed by atoms with Gasteiger partial charge in [-0.3, -0.25) is 14.2 Å². The van der Waals surface area contributed by atoms with Gasteiger partial charge in [0.2, 0.25) is 7.44 Å². The number of hydrogen-bond acceptors (Lipinski definition) is 9. The molecule has 0 aliphatic carbocycles. The van der Waals surface area contributed by atoms with E-state index in [2.05, 4.69) is 25.1 Å². The van der Waals surface area contributed by atoms with Crippen molar-refractivity contribution in [3.63, 3.8) is 0 Å². The lowest BCUT2D eigenvalue weighted by Crippen LogP contribution is -2.51. The first kappa shape index (κ1) is 29.6. The van der Waals surface area contributed by atoms with Gasteiger partial charge in [-0.15, -0.1) is 0 Å². The van der Waals surface area contributed by atoms with Crippen LogP contribution in [0.1, 0.15) is 54.9 Å². The van der Waals surface area contributed by atoms with Gasteiger partial charge in [0.15, 0.2) is 11.5 Å². The third kappa shape index (κ3) is 8.22. The van der Waals surface area contributed by atoms with Crippen LogP contribution >= 0.6 is 7.44 Å². The fourth-order valence-corrected chi connectivity index (χ4v) is 6.03. The van der Waals surface area contributed by atoms with Gasteiger partial charge in [-0.25, -0.2) is 25.1 Å². The van der Waals surface area contributed by atoms with Crippen LogP contribution in [0.25, 0.3) is 11.2 Å². The first-order chi connectivity index (χ1) is 16.6. The third-order valence-electron chi connectivity index (χ3n) is 5.31. The van der Waals surface area contributed by atoms with Crippen LogP contribution in [0.3, 0.4) is 0 Å². The molecule has 2 aromatic rings. The van der Waals surface area contributed by atoms with Crippen molar-refractivity contribution in [3.8, 4) is 0 Å². The SMILES string of the molecule is CC(C)OC(=O)C(C)(C)N[P@@](=O)(CO[C@H](C)Cn1cnc2c(N)ncnc21)N[C@@H](CC(=O)O)C(C)C. The number of ether oxygens (including phenoxy) is 2. The van der Waals surface area contributed by atoms with Crippen molar-refractivity contribution < 1.29 is 28.7 Å². The summed E-state index contributed by atoms with van der Waals surface area (Å²) in [5.41, 5.74) is 5.52. The summed E-state index contributed by atoms with van der Waals surface area (Å²) in [7, 11) is -3.66. The summed E-state index contributed by atoms with van der Waals surface area (Å²) in [6, 6.07) is -0.631. The number of aliphatic carboxylic acids is 1. The second kappa shape index (κ2) is 12.1. The second-order valence-electron chi connectivity index (χ2n) is 9.94. The number of carbonyl (C=O) groups excluding carboxylic acids is 1. The van der Waals surface area contributed by atoms with Crippen molar-refractivity contribution in [2.45, 2.75) is 85.2 Å². The number of carboxylic acid groups (broad SMARTS) is 1. The summed E-state index contributed by atoms with van der Waals surface area (Å²) in [4.78, 5) is 36.4. The van der Waals surface area contributed by atoms with Gasteiger partial charge in [0.1, 0.15) is 23.7 Å². The van der Waals surface area contributed by atoms with Crippen molar-refractivity contribution in [3.05, 3.63) is 12.7 Å². The standard InChI is InChI=1S/C22H38N7O6P/c1-13(2)16(8-17(30)31)27-36(33,28-22(6,7)21(32)35-14(3)4)12-34-15(5)9-29-11-26-18-19(23)24-10-25-20(18)29/h10-11,13-16H,8-9,12H2,1-7H3,(H,30,31)(H2,23,24,25)(H2,27,28,33)/t15-,16+,36-/m1/s1. The summed E-state index contributed by atoms with van der Waals surface area (Å²) < 4.78 is 27.1. The van der Waals surface area contributed by atoms with E-state index in [0.29, 0.717) is 17.7 Å². The summed E-state index contributed by atoms with van der Waals surface area (Å²) in [5.74, 6) is -1.51. The Morgan fingerprint density at radius 3 is 2.44 bits per heavy atom. The van der Waals surface area contributed by atoms with Crippen molar-refractivity contribution in [1.82, 2.24) is 29.7 Å². The third-order valence-corrected chi connectivity index (χ3v) is 7.49. The molecule has 0 aliphatic heterocycles. The molecular formula is C22H38N7O6P. The number of carbonyl (C=O) groups is 2. The Hall–Kier alpha value is -2.60. The number of fused-ring (bicyclic) bond motifs is 1. The molecule has 14 heteroatoms. The van der Waals surface area contributed by atoms with Gasteiger partial charge >= 0.3 is 11.9 Å². The van der Waals surface area contributed by atoms with Gasteiger partial charge in [-0.1, -0.05) is 13.8 Å². The highest BCUT2D eigenvalue weighted by Crippen LogP contribution is 2.41. The highest BCUT2D eigenvalue weighted by Gasteiger charge is 2.39. The summed E-state index contributed by atoms with van der Waals surface area (Å²) in [5, 5.41) is 15.2. The fraction of sp³-hybridized carbons (Fsp3) is 0.682. The average Bonchev–Trinajstić information content (AvgIpc) is 3.15. The Bertz CT molecular complexity index is 1100. The number of esters is 1. The second-order valence-corrected chi connectivity index (χ2v) is 12.2. The van der Waals surface area contributed by atoms with E-state index >= 15 is 0 Å². The average molecular weight is 528 g/mol. The molecule has 0 saturated heterocycles. The monoisotopic (exact) mass is 527 g/mol. The van der Waals surface area contributed by atoms with Gasteiger partial charge in [0.05, 0.1) is 31.5 Å². The zero-order valence-electron chi connectivity index (χ0n) is 21.9. The number of nitrogens with zero attached hydrogens (tertiary/aromatic N) is 4. The zero-order valence-corrected chi connectivity index (χ0v) is 22.8. The van der Waals surface area contributed by atoms with Crippen molar-refractivity contribution >= 4 is 36.4 Å². The van der Waals surface area contributed by atoms with Crippen LogP contribution in [0, 0.1) is 5.92 Å². The summed E-state index contributed by atoms with van der Waals surface area (Å²) >= 11 is 0. The molecule has 2 rings (SSSR count). The molecule has 0 unspecified atom stereocenters. The molecule has 3 atom stereocenters. The van der Waals surface area contributed by atoms with Gasteiger partial charge in [0, 0.05) is 6.04 Å². The van der Waals surface area contributed by atoms with E-state index in [1.54, 1.807) is 45.5 Å². The zero-order chi connectivity index (χ0) is 27.3. The number of anilines is 1. The lowest BCUT2D eigenvalue weighted by atomic mass is 10.0. The molecule has 0 spiro atoms. The fourth-order valence-electron chi connectivity index (χ4n) is 3.44. The highest BCUT2D eigenvalue weighted by atomic mass is 31.2. The predicted molar refractivity (Wildman–Crippen MR) is 135 cm³/mol. The summed E-state index contributed by atoms with van der Waals surface area (Å²) in [6.45, 7) is 12.3. The normalized spacial score (nSPS) is 15.7. The molecule has 202 valence electrons. The Morgan fingerprint density at radius 1 is 1.19 bits per heavy atom. The van der Waals surface area contributed by atoms with Gasteiger partial charge < -0.3 is 24.9 Å². The molecular weight excluding hydrogens is 489 g/mol. The van der Waals surface area contributed by atoms with Crippen LogP contribution in [0.4, 0.5) is 5.82 Å². The number of nitrogens with two attached hydrogens (primary N) is 1. The minimum absolute atomic E-state index is 0.151. The van der Waals surface area contributed by atoms with Crippen molar-refractivity contribution in [2.24, 2.45) is 5.92 Å². The van der Waals surface area contributed by atoms with Gasteiger partial charge in [-0.2, -0.15) is 0 Å². The maximum absolute atomic E-state index is 14.1. The minimum atomic E-state index is -3.66. The molecule has 0 amide bonds. The van der Waals surface area contributed by atoms with E-state index in [-0.39, 0.29) is 30.6 Å². The number of rotatable bonds is 14. The van der Waals surface area contributed by atoms with E-state index in [0.717, 1.165) is 0 Å². The van der Waals surface area contributed by atoms with E-state index in [4.69, 9.17) is 15.2 Å². The van der Waals surface area contributed by atoms with Crippen LogP contribution < -0.4 is 15.9 Å². The molecule has 13 nitrogen and oxygen atoms in total. The first-order valence-corrected chi connectivity index (χ1v) is 13.6. The number of hydrogen-bond donors (Lipinski definition) is 4.